The highest BCUT2D eigenvalue weighted by atomic mass is 19.3. The third kappa shape index (κ3) is 6.08. The number of halogens is 2. The van der Waals surface area contributed by atoms with E-state index in [-0.39, 0.29) is 17.6 Å². The number of amides is 1. The van der Waals surface area contributed by atoms with E-state index < -0.39 is 59.6 Å². The maximum atomic E-state index is 15.2. The minimum atomic E-state index is -3.43. The fourth-order valence-corrected chi connectivity index (χ4v) is 4.31. The monoisotopic (exact) mass is 521 g/mol. The summed E-state index contributed by atoms with van der Waals surface area (Å²) in [5.41, 5.74) is -0.966. The second-order valence-electron chi connectivity index (χ2n) is 9.76. The number of esters is 1. The molecule has 1 fully saturated rings. The lowest BCUT2D eigenvalue weighted by Gasteiger charge is -2.28. The average Bonchev–Trinajstić information content (AvgIpc) is 3.19. The van der Waals surface area contributed by atoms with E-state index in [9.17, 15) is 9.59 Å². The molecular weight excluding hydrogens is 488 g/mol. The first-order chi connectivity index (χ1) is 17.3. The molecule has 1 saturated heterocycles. The zero-order chi connectivity index (χ0) is 27.5. The number of hydrogen-bond acceptors (Lipinski definition) is 8. The second kappa shape index (κ2) is 10.9. The van der Waals surface area contributed by atoms with Gasteiger partial charge in [-0.05, 0) is 39.3 Å². The van der Waals surface area contributed by atoms with Crippen LogP contribution in [0.25, 0.3) is 11.0 Å². The van der Waals surface area contributed by atoms with Gasteiger partial charge >= 0.3 is 12.1 Å². The van der Waals surface area contributed by atoms with Gasteiger partial charge in [-0.1, -0.05) is 13.0 Å². The molecule has 37 heavy (non-hydrogen) atoms. The molecule has 0 spiro atoms. The van der Waals surface area contributed by atoms with Crippen molar-refractivity contribution >= 4 is 23.1 Å². The fourth-order valence-electron chi connectivity index (χ4n) is 4.31. The van der Waals surface area contributed by atoms with E-state index in [1.807, 2.05) is 0 Å². The number of benzene rings is 1. The lowest BCUT2D eigenvalue weighted by atomic mass is 9.95. The minimum Gasteiger partial charge on any atom is -0.497 e. The zero-order valence-electron chi connectivity index (χ0n) is 21.9. The topological polar surface area (TPSA) is 100 Å². The molecule has 202 valence electrons. The number of alkyl halides is 2. The van der Waals surface area contributed by atoms with Crippen molar-refractivity contribution in [3.8, 4) is 11.6 Å². The molecule has 2 heterocycles. The Morgan fingerprint density at radius 3 is 2.46 bits per heavy atom. The Kier molecular flexibility index (Phi) is 8.24. The van der Waals surface area contributed by atoms with Crippen LogP contribution in [0.3, 0.4) is 0 Å². The maximum absolute atomic E-state index is 15.2. The highest BCUT2D eigenvalue weighted by Crippen LogP contribution is 2.40. The van der Waals surface area contributed by atoms with Crippen molar-refractivity contribution in [1.29, 1.82) is 0 Å². The number of carbonyl (C=O) groups is 2. The van der Waals surface area contributed by atoms with Crippen LogP contribution in [0, 0.1) is 5.92 Å². The van der Waals surface area contributed by atoms with Gasteiger partial charge in [0, 0.05) is 18.4 Å². The Morgan fingerprint density at radius 2 is 1.89 bits per heavy atom. The number of methoxy groups -OCH3 is 2. The summed E-state index contributed by atoms with van der Waals surface area (Å²) < 4.78 is 52.0. The third-order valence-electron chi connectivity index (χ3n) is 5.99. The molecule has 1 aromatic carbocycles. The van der Waals surface area contributed by atoms with Gasteiger partial charge in [0.05, 0.1) is 31.8 Å². The number of rotatable bonds is 8. The second-order valence-corrected chi connectivity index (χ2v) is 9.76. The van der Waals surface area contributed by atoms with Crippen LogP contribution in [-0.2, 0) is 20.2 Å². The summed E-state index contributed by atoms with van der Waals surface area (Å²) >= 11 is 0. The van der Waals surface area contributed by atoms with E-state index >= 15 is 8.78 Å². The normalized spacial score (nSPS) is 20.0. The Labute approximate surface area is 214 Å². The molecule has 0 radical (unpaired) electrons. The number of allylic oxidation sites excluding steroid dienone is 1. The van der Waals surface area contributed by atoms with Crippen molar-refractivity contribution < 1.29 is 37.3 Å². The molecule has 1 aliphatic rings. The number of hydrogen-bond donors (Lipinski definition) is 0. The molecule has 9 nitrogen and oxygen atoms in total. The predicted molar refractivity (Wildman–Crippen MR) is 132 cm³/mol. The molecule has 1 aliphatic heterocycles. The van der Waals surface area contributed by atoms with Gasteiger partial charge < -0.3 is 18.9 Å². The SMILES string of the molecule is C=CCC(F)(F)c1nc2ccc(OC)cc2nc1O[C@@H]1CN(C(=O)OC(C)(C)C)[C@H](C(=O)OC)[C@@H]1CC. The van der Waals surface area contributed by atoms with Crippen LogP contribution in [0.2, 0.25) is 0 Å². The molecule has 0 N–H and O–H groups in total. The number of aromatic nitrogens is 2. The molecule has 0 unspecified atom stereocenters. The Morgan fingerprint density at radius 1 is 1.19 bits per heavy atom. The lowest BCUT2D eigenvalue weighted by Crippen LogP contribution is -2.46. The number of nitrogens with zero attached hydrogens (tertiary/aromatic N) is 3. The zero-order valence-corrected chi connectivity index (χ0v) is 21.9. The van der Waals surface area contributed by atoms with Crippen LogP contribution in [0.1, 0.15) is 46.2 Å². The first-order valence-electron chi connectivity index (χ1n) is 11.9. The molecule has 2 aromatic rings. The first kappa shape index (κ1) is 28.1. The first-order valence-corrected chi connectivity index (χ1v) is 11.9. The number of fused-ring (bicyclic) bond motifs is 1. The number of likely N-dealkylation sites (tertiary alicyclic amines) is 1. The summed E-state index contributed by atoms with van der Waals surface area (Å²) in [5, 5.41) is 0. The summed E-state index contributed by atoms with van der Waals surface area (Å²) in [6.07, 6.45) is -0.810. The number of ether oxygens (including phenoxy) is 4. The smallest absolute Gasteiger partial charge is 0.411 e. The van der Waals surface area contributed by atoms with E-state index in [0.29, 0.717) is 12.2 Å². The van der Waals surface area contributed by atoms with Gasteiger partial charge in [-0.3, -0.25) is 4.90 Å². The molecule has 0 bridgehead atoms. The van der Waals surface area contributed by atoms with Crippen LogP contribution in [0.5, 0.6) is 11.6 Å². The van der Waals surface area contributed by atoms with Crippen LogP contribution in [0.4, 0.5) is 13.6 Å². The van der Waals surface area contributed by atoms with E-state index in [1.54, 1.807) is 39.8 Å². The van der Waals surface area contributed by atoms with Gasteiger partial charge in [0.15, 0.2) is 5.69 Å². The Bertz CT molecular complexity index is 1170. The van der Waals surface area contributed by atoms with Crippen molar-refractivity contribution in [3.63, 3.8) is 0 Å². The fraction of sp³-hybridized carbons (Fsp3) is 0.538. The van der Waals surface area contributed by atoms with E-state index in [4.69, 9.17) is 18.9 Å². The van der Waals surface area contributed by atoms with Gasteiger partial charge in [-0.15, -0.1) is 6.58 Å². The number of carbonyl (C=O) groups excluding carboxylic acids is 2. The molecular formula is C26H33F2N3O6. The quantitative estimate of drug-likeness (QED) is 0.358. The molecule has 11 heteroatoms. The molecule has 0 saturated carbocycles. The standard InChI is InChI=1S/C26H33F2N3O6/c1-8-12-26(27,28)21-22(30-18-13-15(34-6)10-11-17(18)29-21)36-19-14-31(24(33)37-25(3,4)5)20(16(19)9-2)23(32)35-7/h8,10-11,13,16,19-20H,1,9,12,14H2,2-7H3/t16-,19-,20+/m1/s1. The van der Waals surface area contributed by atoms with E-state index in [2.05, 4.69) is 16.5 Å². The van der Waals surface area contributed by atoms with Crippen LogP contribution < -0.4 is 9.47 Å². The largest absolute Gasteiger partial charge is 0.497 e. The summed E-state index contributed by atoms with van der Waals surface area (Å²) in [6, 6.07) is 3.65. The van der Waals surface area contributed by atoms with Crippen molar-refractivity contribution in [2.75, 3.05) is 20.8 Å². The Hall–Kier alpha value is -3.50. The molecule has 3 rings (SSSR count). The predicted octanol–water partition coefficient (Wildman–Crippen LogP) is 4.87. The highest BCUT2D eigenvalue weighted by Gasteiger charge is 2.51. The van der Waals surface area contributed by atoms with Crippen LogP contribution in [0.15, 0.2) is 30.9 Å². The molecule has 1 amide bonds. The molecule has 3 atom stereocenters. The lowest BCUT2D eigenvalue weighted by molar-refractivity contribution is -0.147. The molecule has 1 aromatic heterocycles. The van der Waals surface area contributed by atoms with Gasteiger partial charge in [0.2, 0.25) is 5.88 Å². The van der Waals surface area contributed by atoms with Gasteiger partial charge in [-0.25, -0.2) is 19.6 Å². The minimum absolute atomic E-state index is 0.0997. The van der Waals surface area contributed by atoms with Crippen molar-refractivity contribution in [2.45, 2.75) is 64.2 Å². The highest BCUT2D eigenvalue weighted by molar-refractivity contribution is 5.83. The van der Waals surface area contributed by atoms with Crippen LogP contribution in [-0.4, -0.2) is 65.4 Å². The summed E-state index contributed by atoms with van der Waals surface area (Å²) in [5.74, 6) is -4.59. The summed E-state index contributed by atoms with van der Waals surface area (Å²) in [4.78, 5) is 35.4. The van der Waals surface area contributed by atoms with E-state index in [0.717, 1.165) is 6.08 Å². The average molecular weight is 522 g/mol. The maximum Gasteiger partial charge on any atom is 0.411 e. The van der Waals surface area contributed by atoms with Gasteiger partial charge in [0.1, 0.15) is 23.5 Å². The van der Waals surface area contributed by atoms with Crippen molar-refractivity contribution in [2.24, 2.45) is 5.92 Å². The summed E-state index contributed by atoms with van der Waals surface area (Å²) in [7, 11) is 2.69. The van der Waals surface area contributed by atoms with Crippen molar-refractivity contribution in [3.05, 3.63) is 36.5 Å². The van der Waals surface area contributed by atoms with Gasteiger partial charge in [-0.2, -0.15) is 8.78 Å². The third-order valence-corrected chi connectivity index (χ3v) is 5.99. The van der Waals surface area contributed by atoms with E-state index in [1.165, 1.54) is 25.2 Å². The van der Waals surface area contributed by atoms with Crippen LogP contribution >= 0.6 is 0 Å². The van der Waals surface area contributed by atoms with Gasteiger partial charge in [0.25, 0.3) is 5.92 Å². The van der Waals surface area contributed by atoms with Crippen molar-refractivity contribution in [1.82, 2.24) is 14.9 Å². The summed E-state index contributed by atoms with van der Waals surface area (Å²) in [6.45, 7) is 10.2. The molecule has 0 aliphatic carbocycles. The Balaban J connectivity index is 2.08.